The molecular formula is C8H16OSi. The van der Waals surface area contributed by atoms with Gasteiger partial charge in [0.25, 0.3) is 0 Å². The molecule has 1 nitrogen and oxygen atoms in total. The molecule has 0 aliphatic carbocycles. The summed E-state index contributed by atoms with van der Waals surface area (Å²) in [6.07, 6.45) is 3.88. The molecule has 0 spiro atoms. The van der Waals surface area contributed by atoms with Crippen LogP contribution in [0.4, 0.5) is 0 Å². The Morgan fingerprint density at radius 3 is 2.60 bits per heavy atom. The average Bonchev–Trinajstić information content (AvgIpc) is 1.78. The van der Waals surface area contributed by atoms with Gasteiger partial charge < -0.3 is 4.43 Å². The van der Waals surface area contributed by atoms with Crippen molar-refractivity contribution < 1.29 is 4.43 Å². The summed E-state index contributed by atoms with van der Waals surface area (Å²) in [6.45, 7) is 8.86. The van der Waals surface area contributed by atoms with Crippen molar-refractivity contribution in [2.45, 2.75) is 39.5 Å². The van der Waals surface area contributed by atoms with Crippen molar-refractivity contribution in [2.24, 2.45) is 0 Å². The second-order valence-corrected chi connectivity index (χ2v) is 7.61. The Hall–Kier alpha value is -0.0831. The van der Waals surface area contributed by atoms with E-state index in [1.807, 2.05) is 0 Å². The Balaban J connectivity index is 2.76. The largest absolute Gasteiger partial charge is 0.410 e. The summed E-state index contributed by atoms with van der Waals surface area (Å²) in [5.41, 5.74) is 0. The van der Waals surface area contributed by atoms with Gasteiger partial charge in [0.2, 0.25) is 8.32 Å². The molecule has 1 aliphatic heterocycles. The highest BCUT2D eigenvalue weighted by Gasteiger charge is 2.29. The van der Waals surface area contributed by atoms with Gasteiger partial charge in [-0.15, -0.1) is 0 Å². The number of hydrogen-bond acceptors (Lipinski definition) is 1. The molecule has 0 aromatic rings. The molecule has 0 N–H and O–H groups in total. The Labute approximate surface area is 64.2 Å². The SMILES string of the molecule is CC1=CCC(C)O[Si]1(C)C. The van der Waals surface area contributed by atoms with Crippen molar-refractivity contribution in [2.75, 3.05) is 0 Å². The fraction of sp³-hybridized carbons (Fsp3) is 0.750. The van der Waals surface area contributed by atoms with Crippen LogP contribution >= 0.6 is 0 Å². The van der Waals surface area contributed by atoms with Crippen LogP contribution in [-0.4, -0.2) is 14.4 Å². The summed E-state index contributed by atoms with van der Waals surface area (Å²) in [4.78, 5) is 0. The Bertz CT molecular complexity index is 161. The van der Waals surface area contributed by atoms with E-state index in [2.05, 4.69) is 33.0 Å². The van der Waals surface area contributed by atoms with Crippen LogP contribution in [0.3, 0.4) is 0 Å². The third-order valence-electron chi connectivity index (χ3n) is 2.20. The molecule has 1 atom stereocenters. The van der Waals surface area contributed by atoms with E-state index in [4.69, 9.17) is 4.43 Å². The van der Waals surface area contributed by atoms with E-state index >= 15 is 0 Å². The molecule has 1 heterocycles. The molecule has 0 radical (unpaired) electrons. The normalized spacial score (nSPS) is 31.6. The quantitative estimate of drug-likeness (QED) is 0.490. The first-order valence-corrected chi connectivity index (χ1v) is 6.78. The van der Waals surface area contributed by atoms with Crippen LogP contribution in [0.25, 0.3) is 0 Å². The second kappa shape index (κ2) is 2.51. The summed E-state index contributed by atoms with van der Waals surface area (Å²) in [5, 5.41) is 1.49. The van der Waals surface area contributed by atoms with Crippen molar-refractivity contribution in [3.05, 3.63) is 11.3 Å². The van der Waals surface area contributed by atoms with Gasteiger partial charge in [-0.1, -0.05) is 11.3 Å². The van der Waals surface area contributed by atoms with Crippen LogP contribution in [0, 0.1) is 0 Å². The van der Waals surface area contributed by atoms with Crippen molar-refractivity contribution >= 4 is 8.32 Å². The zero-order chi connectivity index (χ0) is 7.78. The molecule has 2 heteroatoms. The molecule has 0 saturated carbocycles. The minimum atomic E-state index is -1.40. The third kappa shape index (κ3) is 1.50. The molecular weight excluding hydrogens is 140 g/mol. The van der Waals surface area contributed by atoms with Crippen LogP contribution in [0.5, 0.6) is 0 Å². The highest BCUT2D eigenvalue weighted by Crippen LogP contribution is 2.24. The topological polar surface area (TPSA) is 9.23 Å². The zero-order valence-electron chi connectivity index (χ0n) is 7.27. The fourth-order valence-corrected chi connectivity index (χ4v) is 3.13. The van der Waals surface area contributed by atoms with Crippen molar-refractivity contribution in [3.8, 4) is 0 Å². The van der Waals surface area contributed by atoms with Gasteiger partial charge in [-0.05, 0) is 33.4 Å². The molecule has 1 aliphatic rings. The van der Waals surface area contributed by atoms with Crippen LogP contribution in [-0.2, 0) is 4.43 Å². The first-order chi connectivity index (χ1) is 4.52. The maximum Gasteiger partial charge on any atom is 0.214 e. The lowest BCUT2D eigenvalue weighted by Gasteiger charge is -2.32. The van der Waals surface area contributed by atoms with Gasteiger partial charge in [-0.25, -0.2) is 0 Å². The molecule has 0 amide bonds. The van der Waals surface area contributed by atoms with Crippen LogP contribution in [0.2, 0.25) is 13.1 Å². The Morgan fingerprint density at radius 2 is 2.20 bits per heavy atom. The fourth-order valence-electron chi connectivity index (χ4n) is 1.23. The smallest absolute Gasteiger partial charge is 0.214 e. The van der Waals surface area contributed by atoms with Gasteiger partial charge in [-0.3, -0.25) is 0 Å². The van der Waals surface area contributed by atoms with Crippen molar-refractivity contribution in [3.63, 3.8) is 0 Å². The molecule has 58 valence electrons. The first-order valence-electron chi connectivity index (χ1n) is 3.87. The lowest BCUT2D eigenvalue weighted by atomic mass is 10.3. The highest BCUT2D eigenvalue weighted by atomic mass is 28.4. The monoisotopic (exact) mass is 156 g/mol. The minimum Gasteiger partial charge on any atom is -0.410 e. The zero-order valence-corrected chi connectivity index (χ0v) is 8.27. The van der Waals surface area contributed by atoms with E-state index < -0.39 is 8.32 Å². The van der Waals surface area contributed by atoms with Crippen LogP contribution in [0.1, 0.15) is 20.3 Å². The van der Waals surface area contributed by atoms with Gasteiger partial charge in [0.15, 0.2) is 0 Å². The number of allylic oxidation sites excluding steroid dienone is 1. The first kappa shape index (κ1) is 8.02. The molecule has 0 aromatic heterocycles. The van der Waals surface area contributed by atoms with Crippen molar-refractivity contribution in [1.29, 1.82) is 0 Å². The predicted octanol–water partition coefficient (Wildman–Crippen LogP) is 2.49. The van der Waals surface area contributed by atoms with Gasteiger partial charge in [0, 0.05) is 6.10 Å². The number of hydrogen-bond donors (Lipinski definition) is 0. The summed E-state index contributed by atoms with van der Waals surface area (Å²) in [6, 6.07) is 0. The molecule has 0 fully saturated rings. The van der Waals surface area contributed by atoms with Gasteiger partial charge >= 0.3 is 0 Å². The van der Waals surface area contributed by atoms with Gasteiger partial charge in [0.05, 0.1) is 0 Å². The molecule has 1 unspecified atom stereocenters. The molecule has 10 heavy (non-hydrogen) atoms. The second-order valence-electron chi connectivity index (χ2n) is 3.56. The Kier molecular flexibility index (Phi) is 2.01. The van der Waals surface area contributed by atoms with Gasteiger partial charge in [-0.2, -0.15) is 0 Å². The summed E-state index contributed by atoms with van der Waals surface area (Å²) >= 11 is 0. The highest BCUT2D eigenvalue weighted by molar-refractivity contribution is 6.78. The van der Waals surface area contributed by atoms with E-state index in [1.165, 1.54) is 5.20 Å². The van der Waals surface area contributed by atoms with Crippen molar-refractivity contribution in [1.82, 2.24) is 0 Å². The Morgan fingerprint density at radius 1 is 1.60 bits per heavy atom. The van der Waals surface area contributed by atoms with E-state index in [9.17, 15) is 0 Å². The van der Waals surface area contributed by atoms with E-state index in [1.54, 1.807) is 0 Å². The van der Waals surface area contributed by atoms with E-state index in [0.29, 0.717) is 6.10 Å². The van der Waals surface area contributed by atoms with Crippen LogP contribution < -0.4 is 0 Å². The molecule has 0 aromatic carbocycles. The van der Waals surface area contributed by atoms with Crippen LogP contribution in [0.15, 0.2) is 11.3 Å². The third-order valence-corrected chi connectivity index (χ3v) is 5.30. The maximum atomic E-state index is 5.86. The number of rotatable bonds is 0. The van der Waals surface area contributed by atoms with E-state index in [0.717, 1.165) is 6.42 Å². The summed E-state index contributed by atoms with van der Waals surface area (Å²) in [5.74, 6) is 0. The maximum absolute atomic E-state index is 5.86. The summed E-state index contributed by atoms with van der Waals surface area (Å²) in [7, 11) is -1.40. The van der Waals surface area contributed by atoms with E-state index in [-0.39, 0.29) is 0 Å². The average molecular weight is 156 g/mol. The summed E-state index contributed by atoms with van der Waals surface area (Å²) < 4.78 is 5.86. The standard InChI is InChI=1S/C8H16OSi/c1-7-5-6-8(2)10(3,4)9-7/h6-7H,5H2,1-4H3. The lowest BCUT2D eigenvalue weighted by molar-refractivity contribution is 0.211. The molecule has 0 saturated heterocycles. The predicted molar refractivity (Wildman–Crippen MR) is 46.4 cm³/mol. The molecule has 1 rings (SSSR count). The molecule has 0 bridgehead atoms. The minimum absolute atomic E-state index is 0.449. The van der Waals surface area contributed by atoms with Gasteiger partial charge in [0.1, 0.15) is 0 Å². The lowest BCUT2D eigenvalue weighted by Crippen LogP contribution is -2.39.